The molecule has 5 heteroatoms. The molecule has 1 unspecified atom stereocenters. The third-order valence-corrected chi connectivity index (χ3v) is 2.20. The molecule has 1 rings (SSSR count). The molecule has 0 aliphatic heterocycles. The first-order valence-corrected chi connectivity index (χ1v) is 5.31. The zero-order chi connectivity index (χ0) is 11.8. The highest BCUT2D eigenvalue weighted by atomic mass is 16.5. The van der Waals surface area contributed by atoms with Gasteiger partial charge in [0, 0.05) is 20.8 Å². The van der Waals surface area contributed by atoms with Crippen molar-refractivity contribution < 1.29 is 9.84 Å². The molecule has 1 aromatic heterocycles. The summed E-state index contributed by atoms with van der Waals surface area (Å²) < 4.78 is 5.07. The van der Waals surface area contributed by atoms with E-state index in [1.54, 1.807) is 7.11 Å². The predicted octanol–water partition coefficient (Wildman–Crippen LogP) is 0.933. The molecule has 1 heterocycles. The Morgan fingerprint density at radius 2 is 2.19 bits per heavy atom. The number of anilines is 2. The van der Waals surface area contributed by atoms with Gasteiger partial charge in [0.2, 0.25) is 0 Å². The number of aliphatic hydroxyl groups is 1. The van der Waals surface area contributed by atoms with Crippen LogP contribution in [0.1, 0.15) is 6.42 Å². The third kappa shape index (κ3) is 4.04. The fraction of sp³-hybridized carbons (Fsp3) is 0.545. The van der Waals surface area contributed by atoms with Crippen molar-refractivity contribution in [3.8, 4) is 0 Å². The molecular weight excluding hydrogens is 206 g/mol. The second-order valence-electron chi connectivity index (χ2n) is 3.47. The molecule has 0 aliphatic rings. The molecule has 16 heavy (non-hydrogen) atoms. The lowest BCUT2D eigenvalue weighted by atomic mass is 10.2. The highest BCUT2D eigenvalue weighted by molar-refractivity contribution is 5.45. The summed E-state index contributed by atoms with van der Waals surface area (Å²) in [7, 11) is 3.47. The largest absolute Gasteiger partial charge is 0.396 e. The number of aliphatic hydroxyl groups excluding tert-OH is 1. The third-order valence-electron chi connectivity index (χ3n) is 2.20. The molecule has 90 valence electrons. The van der Waals surface area contributed by atoms with Crippen molar-refractivity contribution in [2.24, 2.45) is 0 Å². The van der Waals surface area contributed by atoms with Gasteiger partial charge in [0.05, 0.1) is 12.6 Å². The van der Waals surface area contributed by atoms with Crippen LogP contribution in [0.15, 0.2) is 18.2 Å². The Kier molecular flexibility index (Phi) is 5.60. The number of aromatic nitrogens is 1. The second-order valence-corrected chi connectivity index (χ2v) is 3.47. The quantitative estimate of drug-likeness (QED) is 0.644. The monoisotopic (exact) mass is 225 g/mol. The van der Waals surface area contributed by atoms with Crippen LogP contribution >= 0.6 is 0 Å². The first kappa shape index (κ1) is 12.7. The number of nitrogens with zero attached hydrogens (tertiary/aromatic N) is 1. The van der Waals surface area contributed by atoms with Gasteiger partial charge in [-0.2, -0.15) is 0 Å². The van der Waals surface area contributed by atoms with Gasteiger partial charge in [-0.05, 0) is 18.6 Å². The molecule has 3 N–H and O–H groups in total. The Morgan fingerprint density at radius 1 is 1.44 bits per heavy atom. The van der Waals surface area contributed by atoms with Crippen molar-refractivity contribution in [2.45, 2.75) is 12.5 Å². The topological polar surface area (TPSA) is 66.4 Å². The van der Waals surface area contributed by atoms with Gasteiger partial charge in [-0.1, -0.05) is 6.07 Å². The Morgan fingerprint density at radius 3 is 2.81 bits per heavy atom. The van der Waals surface area contributed by atoms with Crippen molar-refractivity contribution in [1.82, 2.24) is 4.98 Å². The molecule has 0 fully saturated rings. The molecule has 1 atom stereocenters. The highest BCUT2D eigenvalue weighted by Crippen LogP contribution is 2.10. The SMILES string of the molecule is CNc1cccc(NC(CCO)COC)n1. The minimum Gasteiger partial charge on any atom is -0.396 e. The highest BCUT2D eigenvalue weighted by Gasteiger charge is 2.08. The van der Waals surface area contributed by atoms with Crippen LogP contribution in [0.5, 0.6) is 0 Å². The minimum absolute atomic E-state index is 0.0783. The summed E-state index contributed by atoms with van der Waals surface area (Å²) in [5.74, 6) is 1.59. The van der Waals surface area contributed by atoms with Gasteiger partial charge >= 0.3 is 0 Å². The average molecular weight is 225 g/mol. The minimum atomic E-state index is 0.0783. The Hall–Kier alpha value is -1.33. The van der Waals surface area contributed by atoms with Crippen LogP contribution in [0.4, 0.5) is 11.6 Å². The van der Waals surface area contributed by atoms with Gasteiger partial charge in [-0.15, -0.1) is 0 Å². The van der Waals surface area contributed by atoms with E-state index < -0.39 is 0 Å². The lowest BCUT2D eigenvalue weighted by Gasteiger charge is -2.17. The average Bonchev–Trinajstić information content (AvgIpc) is 2.30. The standard InChI is InChI=1S/C11H19N3O2/c1-12-10-4-3-5-11(14-10)13-9(6-7-15)8-16-2/h3-5,9,15H,6-8H2,1-2H3,(H2,12,13,14). The Bertz CT molecular complexity index is 301. The molecule has 5 nitrogen and oxygen atoms in total. The van der Waals surface area contributed by atoms with Gasteiger partial charge in [-0.3, -0.25) is 0 Å². The summed E-state index contributed by atoms with van der Waals surface area (Å²) in [6, 6.07) is 5.78. The smallest absolute Gasteiger partial charge is 0.128 e. The normalized spacial score (nSPS) is 12.2. The fourth-order valence-corrected chi connectivity index (χ4v) is 1.42. The first-order valence-electron chi connectivity index (χ1n) is 5.31. The predicted molar refractivity (Wildman–Crippen MR) is 64.8 cm³/mol. The number of rotatable bonds is 7. The molecule has 0 saturated carbocycles. The maximum Gasteiger partial charge on any atom is 0.128 e. The van der Waals surface area contributed by atoms with E-state index in [-0.39, 0.29) is 12.6 Å². The van der Waals surface area contributed by atoms with E-state index in [9.17, 15) is 0 Å². The van der Waals surface area contributed by atoms with Crippen LogP contribution in [-0.4, -0.2) is 43.5 Å². The molecule has 0 saturated heterocycles. The van der Waals surface area contributed by atoms with Gasteiger partial charge in [-0.25, -0.2) is 4.98 Å². The molecule has 0 aliphatic carbocycles. The van der Waals surface area contributed by atoms with Crippen molar-refractivity contribution >= 4 is 11.6 Å². The number of nitrogens with one attached hydrogen (secondary N) is 2. The molecule has 1 aromatic rings. The van der Waals surface area contributed by atoms with Crippen LogP contribution in [-0.2, 0) is 4.74 Å². The maximum absolute atomic E-state index is 8.91. The van der Waals surface area contributed by atoms with Crippen molar-refractivity contribution in [3.63, 3.8) is 0 Å². The summed E-state index contributed by atoms with van der Waals surface area (Å²) in [6.07, 6.45) is 0.638. The zero-order valence-corrected chi connectivity index (χ0v) is 9.73. The van der Waals surface area contributed by atoms with E-state index in [1.807, 2.05) is 25.2 Å². The maximum atomic E-state index is 8.91. The summed E-state index contributed by atoms with van der Waals surface area (Å²) in [5.41, 5.74) is 0. The summed E-state index contributed by atoms with van der Waals surface area (Å²) >= 11 is 0. The van der Waals surface area contributed by atoms with Crippen molar-refractivity contribution in [3.05, 3.63) is 18.2 Å². The summed E-state index contributed by atoms with van der Waals surface area (Å²) in [6.45, 7) is 0.679. The molecule has 0 spiro atoms. The molecule has 0 amide bonds. The van der Waals surface area contributed by atoms with Gasteiger partial charge in [0.25, 0.3) is 0 Å². The van der Waals surface area contributed by atoms with Crippen LogP contribution in [0, 0.1) is 0 Å². The number of pyridine rings is 1. The van der Waals surface area contributed by atoms with E-state index in [0.29, 0.717) is 13.0 Å². The van der Waals surface area contributed by atoms with E-state index in [2.05, 4.69) is 15.6 Å². The van der Waals surface area contributed by atoms with Crippen LogP contribution < -0.4 is 10.6 Å². The van der Waals surface area contributed by atoms with E-state index in [0.717, 1.165) is 11.6 Å². The lowest BCUT2D eigenvalue weighted by molar-refractivity contribution is 0.170. The Balaban J connectivity index is 2.60. The van der Waals surface area contributed by atoms with Gasteiger partial charge in [0.1, 0.15) is 11.6 Å². The molecule has 0 bridgehead atoms. The fourth-order valence-electron chi connectivity index (χ4n) is 1.42. The van der Waals surface area contributed by atoms with Crippen LogP contribution in [0.2, 0.25) is 0 Å². The van der Waals surface area contributed by atoms with Gasteiger partial charge < -0.3 is 20.5 Å². The Labute approximate surface area is 95.8 Å². The summed E-state index contributed by atoms with van der Waals surface area (Å²) in [4.78, 5) is 4.34. The van der Waals surface area contributed by atoms with E-state index in [4.69, 9.17) is 9.84 Å². The van der Waals surface area contributed by atoms with E-state index >= 15 is 0 Å². The molecule has 0 aromatic carbocycles. The second kappa shape index (κ2) is 7.03. The zero-order valence-electron chi connectivity index (χ0n) is 9.73. The van der Waals surface area contributed by atoms with Crippen molar-refractivity contribution in [1.29, 1.82) is 0 Å². The first-order chi connectivity index (χ1) is 7.80. The molecular formula is C11H19N3O2. The number of hydrogen-bond donors (Lipinski definition) is 3. The molecule has 0 radical (unpaired) electrons. The lowest BCUT2D eigenvalue weighted by Crippen LogP contribution is -2.26. The van der Waals surface area contributed by atoms with Crippen molar-refractivity contribution in [2.75, 3.05) is 38.0 Å². The number of methoxy groups -OCH3 is 1. The van der Waals surface area contributed by atoms with Crippen LogP contribution in [0.25, 0.3) is 0 Å². The summed E-state index contributed by atoms with van der Waals surface area (Å²) in [5, 5.41) is 15.1. The number of hydrogen-bond acceptors (Lipinski definition) is 5. The van der Waals surface area contributed by atoms with E-state index in [1.165, 1.54) is 0 Å². The van der Waals surface area contributed by atoms with Gasteiger partial charge in [0.15, 0.2) is 0 Å². The van der Waals surface area contributed by atoms with Crippen LogP contribution in [0.3, 0.4) is 0 Å². The number of ether oxygens (including phenoxy) is 1.